The number of rotatable bonds is 3. The van der Waals surface area contributed by atoms with E-state index in [-0.39, 0.29) is 0 Å². The molecule has 0 spiro atoms. The van der Waals surface area contributed by atoms with Crippen LogP contribution in [0.25, 0.3) is 0 Å². The van der Waals surface area contributed by atoms with Gasteiger partial charge in [-0.15, -0.1) is 0 Å². The molecule has 0 aromatic rings. The maximum Gasteiger partial charge on any atom is 0.00130 e. The normalized spacial score (nSPS) is 18.0. The quantitative estimate of drug-likeness (QED) is 0.596. The van der Waals surface area contributed by atoms with Crippen LogP contribution in [0.15, 0.2) is 0 Å². The molecule has 0 amide bonds. The van der Waals surface area contributed by atoms with Gasteiger partial charge < -0.3 is 5.73 Å². The van der Waals surface area contributed by atoms with Crippen molar-refractivity contribution in [1.29, 1.82) is 0 Å². The van der Waals surface area contributed by atoms with Gasteiger partial charge in [-0.3, -0.25) is 0 Å². The van der Waals surface area contributed by atoms with Crippen LogP contribution in [0, 0.1) is 5.92 Å². The van der Waals surface area contributed by atoms with Gasteiger partial charge in [0.25, 0.3) is 0 Å². The number of hydrogen-bond acceptors (Lipinski definition) is 1. The molecule has 0 heterocycles. The minimum Gasteiger partial charge on any atom is -0.328 e. The zero-order chi connectivity index (χ0) is 6.57. The van der Waals surface area contributed by atoms with Crippen molar-refractivity contribution in [2.45, 2.75) is 39.7 Å². The third-order valence-electron chi connectivity index (χ3n) is 1.47. The van der Waals surface area contributed by atoms with Crippen LogP contribution in [0.4, 0.5) is 0 Å². The van der Waals surface area contributed by atoms with Crippen molar-refractivity contribution in [3.8, 4) is 0 Å². The van der Waals surface area contributed by atoms with Crippen LogP contribution < -0.4 is 5.73 Å². The standard InChI is InChI=1S/C7H17N/c1-4-6(2)5-7(3)8/h6-7H,4-5,8H2,1-3H3/t6-,7+/m1/s1. The lowest BCUT2D eigenvalue weighted by Gasteiger charge is -2.09. The fourth-order valence-electron chi connectivity index (χ4n) is 0.801. The summed E-state index contributed by atoms with van der Waals surface area (Å²) in [7, 11) is 0. The van der Waals surface area contributed by atoms with Crippen molar-refractivity contribution in [2.24, 2.45) is 11.7 Å². The van der Waals surface area contributed by atoms with Gasteiger partial charge in [0, 0.05) is 6.04 Å². The van der Waals surface area contributed by atoms with E-state index in [4.69, 9.17) is 5.73 Å². The molecule has 0 fully saturated rings. The van der Waals surface area contributed by atoms with Gasteiger partial charge in [0.2, 0.25) is 0 Å². The Morgan fingerprint density at radius 2 is 1.88 bits per heavy atom. The van der Waals surface area contributed by atoms with E-state index in [2.05, 4.69) is 20.8 Å². The molecule has 0 rings (SSSR count). The largest absolute Gasteiger partial charge is 0.328 e. The molecule has 50 valence electrons. The zero-order valence-corrected chi connectivity index (χ0v) is 6.15. The highest BCUT2D eigenvalue weighted by atomic mass is 14.6. The van der Waals surface area contributed by atoms with Crippen molar-refractivity contribution in [3.05, 3.63) is 0 Å². The summed E-state index contributed by atoms with van der Waals surface area (Å²) in [6.45, 7) is 6.50. The van der Waals surface area contributed by atoms with E-state index < -0.39 is 0 Å². The fourth-order valence-corrected chi connectivity index (χ4v) is 0.801. The molecule has 2 atom stereocenters. The predicted molar refractivity (Wildman–Crippen MR) is 37.7 cm³/mol. The van der Waals surface area contributed by atoms with Crippen LogP contribution in [0.2, 0.25) is 0 Å². The third kappa shape index (κ3) is 4.13. The smallest absolute Gasteiger partial charge is 0.00130 e. The lowest BCUT2D eigenvalue weighted by atomic mass is 10.0. The van der Waals surface area contributed by atoms with Crippen LogP contribution in [0.3, 0.4) is 0 Å². The molecule has 1 nitrogen and oxygen atoms in total. The first-order valence-corrected chi connectivity index (χ1v) is 3.42. The van der Waals surface area contributed by atoms with Crippen LogP contribution in [-0.4, -0.2) is 6.04 Å². The molecule has 8 heavy (non-hydrogen) atoms. The van der Waals surface area contributed by atoms with Crippen molar-refractivity contribution in [1.82, 2.24) is 0 Å². The van der Waals surface area contributed by atoms with Gasteiger partial charge in [-0.1, -0.05) is 20.3 Å². The second-order valence-corrected chi connectivity index (χ2v) is 2.73. The van der Waals surface area contributed by atoms with Gasteiger partial charge in [-0.2, -0.15) is 0 Å². The first-order chi connectivity index (χ1) is 3.66. The molecule has 0 aliphatic heterocycles. The average molecular weight is 115 g/mol. The summed E-state index contributed by atoms with van der Waals surface area (Å²) < 4.78 is 0. The van der Waals surface area contributed by atoms with Crippen LogP contribution >= 0.6 is 0 Å². The van der Waals surface area contributed by atoms with Gasteiger partial charge in [0.1, 0.15) is 0 Å². The molecule has 0 radical (unpaired) electrons. The Labute approximate surface area is 52.3 Å². The van der Waals surface area contributed by atoms with Crippen molar-refractivity contribution in [3.63, 3.8) is 0 Å². The van der Waals surface area contributed by atoms with Gasteiger partial charge >= 0.3 is 0 Å². The van der Waals surface area contributed by atoms with Crippen molar-refractivity contribution in [2.75, 3.05) is 0 Å². The zero-order valence-electron chi connectivity index (χ0n) is 6.15. The number of nitrogens with two attached hydrogens (primary N) is 1. The summed E-state index contributed by atoms with van der Waals surface area (Å²) in [5, 5.41) is 0. The molecule has 0 aliphatic carbocycles. The van der Waals surface area contributed by atoms with E-state index in [1.807, 2.05) is 0 Å². The van der Waals surface area contributed by atoms with Gasteiger partial charge in [0.15, 0.2) is 0 Å². The molecule has 0 saturated carbocycles. The molecule has 1 heteroatoms. The lowest BCUT2D eigenvalue weighted by Crippen LogP contribution is -2.17. The van der Waals surface area contributed by atoms with E-state index in [1.165, 1.54) is 6.42 Å². The molecule has 0 aliphatic rings. The van der Waals surface area contributed by atoms with Crippen LogP contribution in [0.1, 0.15) is 33.6 Å². The topological polar surface area (TPSA) is 26.0 Å². The Bertz CT molecular complexity index is 50.3. The maximum atomic E-state index is 5.57. The molecule has 0 aromatic heterocycles. The highest BCUT2D eigenvalue weighted by Gasteiger charge is 2.00. The summed E-state index contributed by atoms with van der Waals surface area (Å²) in [6.07, 6.45) is 2.41. The summed E-state index contributed by atoms with van der Waals surface area (Å²) in [5.74, 6) is 0.801. The molecule has 0 aromatic carbocycles. The predicted octanol–water partition coefficient (Wildman–Crippen LogP) is 1.77. The molecular formula is C7H17N. The third-order valence-corrected chi connectivity index (χ3v) is 1.47. The SMILES string of the molecule is CC[C@@H](C)C[C@H](C)N. The van der Waals surface area contributed by atoms with Crippen LogP contribution in [-0.2, 0) is 0 Å². The first kappa shape index (κ1) is 7.96. The summed E-state index contributed by atoms with van der Waals surface area (Å²) in [4.78, 5) is 0. The Hall–Kier alpha value is -0.0400. The van der Waals surface area contributed by atoms with E-state index in [0.717, 1.165) is 12.3 Å². The minimum absolute atomic E-state index is 0.380. The molecule has 0 unspecified atom stereocenters. The average Bonchev–Trinajstić information content (AvgIpc) is 1.65. The monoisotopic (exact) mass is 115 g/mol. The molecule has 0 saturated heterocycles. The van der Waals surface area contributed by atoms with Crippen molar-refractivity contribution >= 4 is 0 Å². The summed E-state index contributed by atoms with van der Waals surface area (Å²) in [5.41, 5.74) is 5.57. The Morgan fingerprint density at radius 1 is 1.38 bits per heavy atom. The Kier molecular flexibility index (Phi) is 3.88. The fraction of sp³-hybridized carbons (Fsp3) is 1.00. The van der Waals surface area contributed by atoms with E-state index in [1.54, 1.807) is 0 Å². The summed E-state index contributed by atoms with van der Waals surface area (Å²) >= 11 is 0. The van der Waals surface area contributed by atoms with E-state index in [0.29, 0.717) is 6.04 Å². The van der Waals surface area contributed by atoms with Gasteiger partial charge in [0.05, 0.1) is 0 Å². The second-order valence-electron chi connectivity index (χ2n) is 2.73. The Balaban J connectivity index is 3.10. The van der Waals surface area contributed by atoms with Gasteiger partial charge in [-0.05, 0) is 19.3 Å². The van der Waals surface area contributed by atoms with Crippen molar-refractivity contribution < 1.29 is 0 Å². The minimum atomic E-state index is 0.380. The highest BCUT2D eigenvalue weighted by molar-refractivity contribution is 4.57. The van der Waals surface area contributed by atoms with E-state index in [9.17, 15) is 0 Å². The first-order valence-electron chi connectivity index (χ1n) is 3.42. The van der Waals surface area contributed by atoms with Gasteiger partial charge in [-0.25, -0.2) is 0 Å². The Morgan fingerprint density at radius 3 is 2.00 bits per heavy atom. The second kappa shape index (κ2) is 3.90. The number of hydrogen-bond donors (Lipinski definition) is 1. The molecule has 0 bridgehead atoms. The summed E-state index contributed by atoms with van der Waals surface area (Å²) in [6, 6.07) is 0.380. The lowest BCUT2D eigenvalue weighted by molar-refractivity contribution is 0.469. The molecular weight excluding hydrogens is 98.1 g/mol. The van der Waals surface area contributed by atoms with E-state index >= 15 is 0 Å². The molecule has 2 N–H and O–H groups in total. The maximum absolute atomic E-state index is 5.57. The van der Waals surface area contributed by atoms with Crippen LogP contribution in [0.5, 0.6) is 0 Å². The highest BCUT2D eigenvalue weighted by Crippen LogP contribution is 2.07.